The van der Waals surface area contributed by atoms with Gasteiger partial charge >= 0.3 is 0 Å². The molecule has 0 spiro atoms. The lowest BCUT2D eigenvalue weighted by Gasteiger charge is -2.22. The second-order valence-electron chi connectivity index (χ2n) is 4.81. The van der Waals surface area contributed by atoms with Crippen LogP contribution in [0.2, 0.25) is 5.02 Å². The van der Waals surface area contributed by atoms with E-state index in [1.807, 2.05) is 30.3 Å². The fourth-order valence-electron chi connectivity index (χ4n) is 2.02. The number of pyridine rings is 1. The lowest BCUT2D eigenvalue weighted by atomic mass is 10.2. The summed E-state index contributed by atoms with van der Waals surface area (Å²) < 4.78 is 27.0. The van der Waals surface area contributed by atoms with Gasteiger partial charge in [-0.25, -0.2) is 8.42 Å². The molecule has 0 aliphatic rings. The second kappa shape index (κ2) is 9.20. The average molecular weight is 376 g/mol. The van der Waals surface area contributed by atoms with Gasteiger partial charge in [0.25, 0.3) is 0 Å². The maximum atomic E-state index is 12.8. The molecular formula is C15H19Cl2N3O2S. The average Bonchev–Trinajstić information content (AvgIpc) is 2.52. The molecule has 0 atom stereocenters. The van der Waals surface area contributed by atoms with E-state index in [0.29, 0.717) is 24.5 Å². The number of rotatable bonds is 7. The summed E-state index contributed by atoms with van der Waals surface area (Å²) >= 11 is 5.85. The molecule has 8 heteroatoms. The van der Waals surface area contributed by atoms with E-state index in [9.17, 15) is 8.42 Å². The van der Waals surface area contributed by atoms with Crippen molar-refractivity contribution in [3.8, 4) is 0 Å². The van der Waals surface area contributed by atoms with Crippen LogP contribution in [0, 0.1) is 0 Å². The van der Waals surface area contributed by atoms with Crippen molar-refractivity contribution in [1.82, 2.24) is 9.29 Å². The molecule has 0 aliphatic carbocycles. The van der Waals surface area contributed by atoms with Gasteiger partial charge in [0.1, 0.15) is 4.90 Å². The highest BCUT2D eigenvalue weighted by Gasteiger charge is 2.24. The van der Waals surface area contributed by atoms with Gasteiger partial charge in [0.2, 0.25) is 10.0 Å². The van der Waals surface area contributed by atoms with Gasteiger partial charge in [0.15, 0.2) is 0 Å². The van der Waals surface area contributed by atoms with E-state index in [4.69, 9.17) is 17.3 Å². The smallest absolute Gasteiger partial charge is 0.244 e. The van der Waals surface area contributed by atoms with Crippen molar-refractivity contribution in [3.05, 3.63) is 59.4 Å². The zero-order chi connectivity index (χ0) is 16.0. The zero-order valence-electron chi connectivity index (χ0n) is 12.4. The number of sulfonamides is 1. The van der Waals surface area contributed by atoms with Crippen LogP contribution in [0.5, 0.6) is 0 Å². The molecule has 1 heterocycles. The van der Waals surface area contributed by atoms with E-state index < -0.39 is 10.0 Å². The fourth-order valence-corrected chi connectivity index (χ4v) is 3.72. The maximum Gasteiger partial charge on any atom is 0.244 e. The van der Waals surface area contributed by atoms with Crippen molar-refractivity contribution >= 4 is 34.0 Å². The number of nitrogens with two attached hydrogens (primary N) is 1. The van der Waals surface area contributed by atoms with E-state index in [0.717, 1.165) is 5.56 Å². The normalized spacial score (nSPS) is 11.3. The first-order chi connectivity index (χ1) is 10.5. The summed E-state index contributed by atoms with van der Waals surface area (Å²) in [6.07, 6.45) is 3.30. The Kier molecular flexibility index (Phi) is 7.94. The molecule has 0 unspecified atom stereocenters. The lowest BCUT2D eigenvalue weighted by molar-refractivity contribution is 0.401. The summed E-state index contributed by atoms with van der Waals surface area (Å²) in [5.74, 6) is 0. The Morgan fingerprint density at radius 1 is 1.17 bits per heavy atom. The van der Waals surface area contributed by atoms with Crippen molar-refractivity contribution in [1.29, 1.82) is 0 Å². The third-order valence-corrected chi connectivity index (χ3v) is 5.15. The minimum atomic E-state index is -3.66. The summed E-state index contributed by atoms with van der Waals surface area (Å²) in [6, 6.07) is 10.8. The Morgan fingerprint density at radius 2 is 1.87 bits per heavy atom. The SMILES string of the molecule is Cl.NCCCN(Cc1ccccc1)S(=O)(=O)c1cncc(Cl)c1. The van der Waals surface area contributed by atoms with Crippen molar-refractivity contribution in [2.24, 2.45) is 5.73 Å². The Hall–Kier alpha value is -1.18. The van der Waals surface area contributed by atoms with Crippen LogP contribution < -0.4 is 5.73 Å². The van der Waals surface area contributed by atoms with Gasteiger partial charge in [-0.2, -0.15) is 4.31 Å². The van der Waals surface area contributed by atoms with E-state index in [1.54, 1.807) is 0 Å². The largest absolute Gasteiger partial charge is 0.330 e. The minimum Gasteiger partial charge on any atom is -0.330 e. The summed E-state index contributed by atoms with van der Waals surface area (Å²) in [6.45, 7) is 1.06. The molecule has 0 aliphatic heterocycles. The van der Waals surface area contributed by atoms with Gasteiger partial charge in [-0.15, -0.1) is 12.4 Å². The highest BCUT2D eigenvalue weighted by atomic mass is 35.5. The maximum absolute atomic E-state index is 12.8. The molecule has 23 heavy (non-hydrogen) atoms. The number of nitrogens with zero attached hydrogens (tertiary/aromatic N) is 2. The molecule has 1 aromatic heterocycles. The standard InChI is InChI=1S/C15H18ClN3O2S.ClH/c16-14-9-15(11-18-10-14)22(20,21)19(8-4-7-17)12-13-5-2-1-3-6-13;/h1-3,5-6,9-11H,4,7-8,12,17H2;1H. The van der Waals surface area contributed by atoms with Crippen LogP contribution in [0.15, 0.2) is 53.7 Å². The van der Waals surface area contributed by atoms with Crippen LogP contribution in [-0.4, -0.2) is 30.8 Å². The lowest BCUT2D eigenvalue weighted by Crippen LogP contribution is -2.32. The summed E-state index contributed by atoms with van der Waals surface area (Å²) in [5.41, 5.74) is 6.44. The minimum absolute atomic E-state index is 0. The molecule has 1 aromatic carbocycles. The van der Waals surface area contributed by atoms with Gasteiger partial charge in [-0.05, 0) is 24.6 Å². The van der Waals surface area contributed by atoms with Gasteiger partial charge in [-0.1, -0.05) is 41.9 Å². The highest BCUT2D eigenvalue weighted by molar-refractivity contribution is 7.89. The number of hydrogen-bond donors (Lipinski definition) is 1. The summed E-state index contributed by atoms with van der Waals surface area (Å²) in [7, 11) is -3.66. The Morgan fingerprint density at radius 3 is 2.48 bits per heavy atom. The summed E-state index contributed by atoms with van der Waals surface area (Å²) in [5, 5.41) is 0.291. The molecule has 0 fully saturated rings. The summed E-state index contributed by atoms with van der Waals surface area (Å²) in [4.78, 5) is 3.95. The quantitative estimate of drug-likeness (QED) is 0.806. The molecule has 5 nitrogen and oxygen atoms in total. The molecule has 126 valence electrons. The van der Waals surface area contributed by atoms with Crippen LogP contribution in [-0.2, 0) is 16.6 Å². The molecule has 2 aromatic rings. The number of halogens is 2. The van der Waals surface area contributed by atoms with Crippen molar-refractivity contribution in [3.63, 3.8) is 0 Å². The first-order valence-corrected chi connectivity index (χ1v) is 8.70. The molecule has 0 saturated carbocycles. The van der Waals surface area contributed by atoms with Gasteiger partial charge in [-0.3, -0.25) is 4.98 Å². The van der Waals surface area contributed by atoms with E-state index in [2.05, 4.69) is 4.98 Å². The molecule has 0 bridgehead atoms. The highest BCUT2D eigenvalue weighted by Crippen LogP contribution is 2.20. The van der Waals surface area contributed by atoms with Gasteiger partial charge in [0.05, 0.1) is 5.02 Å². The molecule has 2 rings (SSSR count). The predicted octanol–water partition coefficient (Wildman–Crippen LogP) is 2.70. The van der Waals surface area contributed by atoms with Crippen LogP contribution in [0.25, 0.3) is 0 Å². The first kappa shape index (κ1) is 19.9. The van der Waals surface area contributed by atoms with Crippen molar-refractivity contribution in [2.75, 3.05) is 13.1 Å². The van der Waals surface area contributed by atoms with Crippen LogP contribution >= 0.6 is 24.0 Å². The van der Waals surface area contributed by atoms with Crippen LogP contribution in [0.3, 0.4) is 0 Å². The van der Waals surface area contributed by atoms with Gasteiger partial charge in [0, 0.05) is 25.5 Å². The van der Waals surface area contributed by atoms with Gasteiger partial charge < -0.3 is 5.73 Å². The Bertz CT molecular complexity index is 712. The third-order valence-electron chi connectivity index (χ3n) is 3.13. The second-order valence-corrected chi connectivity index (χ2v) is 7.18. The van der Waals surface area contributed by atoms with Crippen molar-refractivity contribution < 1.29 is 8.42 Å². The predicted molar refractivity (Wildman–Crippen MR) is 94.2 cm³/mol. The monoisotopic (exact) mass is 375 g/mol. The van der Waals surface area contributed by atoms with Crippen LogP contribution in [0.1, 0.15) is 12.0 Å². The Balaban J connectivity index is 0.00000264. The fraction of sp³-hybridized carbons (Fsp3) is 0.267. The van der Waals surface area contributed by atoms with Crippen molar-refractivity contribution in [2.45, 2.75) is 17.9 Å². The van der Waals surface area contributed by atoms with Crippen LogP contribution in [0.4, 0.5) is 0 Å². The number of hydrogen-bond acceptors (Lipinski definition) is 4. The van der Waals surface area contributed by atoms with E-state index >= 15 is 0 Å². The molecular weight excluding hydrogens is 357 g/mol. The first-order valence-electron chi connectivity index (χ1n) is 6.89. The zero-order valence-corrected chi connectivity index (χ0v) is 14.8. The third kappa shape index (κ3) is 5.44. The topological polar surface area (TPSA) is 76.3 Å². The molecule has 2 N–H and O–H groups in total. The molecule has 0 radical (unpaired) electrons. The van der Waals surface area contributed by atoms with E-state index in [1.165, 1.54) is 22.8 Å². The number of benzene rings is 1. The number of aromatic nitrogens is 1. The van der Waals surface area contributed by atoms with E-state index in [-0.39, 0.29) is 23.8 Å². The Labute approximate surface area is 147 Å². The molecule has 0 amide bonds. The molecule has 0 saturated heterocycles.